The van der Waals surface area contributed by atoms with E-state index < -0.39 is 11.5 Å². The summed E-state index contributed by atoms with van der Waals surface area (Å²) in [4.78, 5) is 27.5. The van der Waals surface area contributed by atoms with E-state index in [4.69, 9.17) is 14.6 Å². The molecule has 2 heterocycles. The molecule has 0 bridgehead atoms. The highest BCUT2D eigenvalue weighted by atomic mass is 32.1. The van der Waals surface area contributed by atoms with Gasteiger partial charge in [0.15, 0.2) is 0 Å². The molecule has 1 amide bonds. The molecule has 1 aliphatic heterocycles. The number of methoxy groups -OCH3 is 1. The van der Waals surface area contributed by atoms with Crippen LogP contribution in [-0.2, 0) is 20.9 Å². The zero-order valence-corrected chi connectivity index (χ0v) is 12.6. The number of rotatable bonds is 6. The summed E-state index contributed by atoms with van der Waals surface area (Å²) in [7, 11) is 1.56. The molecule has 7 nitrogen and oxygen atoms in total. The maximum Gasteiger partial charge on any atom is 0.305 e. The van der Waals surface area contributed by atoms with Crippen molar-refractivity contribution in [2.24, 2.45) is 0 Å². The first-order valence-corrected chi connectivity index (χ1v) is 7.48. The summed E-state index contributed by atoms with van der Waals surface area (Å²) in [5, 5.41) is 14.3. The number of amides is 1. The number of hydrogen-bond donors (Lipinski definition) is 2. The van der Waals surface area contributed by atoms with E-state index in [0.717, 1.165) is 0 Å². The van der Waals surface area contributed by atoms with Crippen LogP contribution in [-0.4, -0.2) is 47.8 Å². The average Bonchev–Trinajstić information content (AvgIpc) is 2.88. The summed E-state index contributed by atoms with van der Waals surface area (Å²) in [6.45, 7) is 1.24. The van der Waals surface area contributed by atoms with E-state index >= 15 is 0 Å². The van der Waals surface area contributed by atoms with Crippen LogP contribution in [0.15, 0.2) is 5.38 Å². The normalized spacial score (nSPS) is 17.4. The molecule has 0 spiro atoms. The van der Waals surface area contributed by atoms with E-state index in [0.29, 0.717) is 43.4 Å². The maximum atomic E-state index is 12.3. The Balaban J connectivity index is 2.07. The number of carboxylic acids is 1. The fourth-order valence-electron chi connectivity index (χ4n) is 2.31. The first kappa shape index (κ1) is 15.9. The number of carboxylic acid groups (broad SMARTS) is 1. The van der Waals surface area contributed by atoms with Crippen molar-refractivity contribution in [2.75, 3.05) is 20.3 Å². The number of aliphatic carboxylic acids is 1. The quantitative estimate of drug-likeness (QED) is 0.814. The summed E-state index contributed by atoms with van der Waals surface area (Å²) in [6, 6.07) is 0. The predicted molar refractivity (Wildman–Crippen MR) is 75.3 cm³/mol. The molecule has 0 aromatic carbocycles. The largest absolute Gasteiger partial charge is 0.481 e. The minimum atomic E-state index is -0.935. The van der Waals surface area contributed by atoms with Gasteiger partial charge in [0.05, 0.1) is 18.6 Å². The second kappa shape index (κ2) is 6.97. The van der Waals surface area contributed by atoms with Crippen LogP contribution in [0.25, 0.3) is 0 Å². The minimum Gasteiger partial charge on any atom is -0.481 e. The first-order valence-electron chi connectivity index (χ1n) is 6.60. The van der Waals surface area contributed by atoms with Crippen LogP contribution in [0.4, 0.5) is 0 Å². The van der Waals surface area contributed by atoms with E-state index in [9.17, 15) is 9.59 Å². The molecule has 1 aromatic heterocycles. The third kappa shape index (κ3) is 4.23. The number of nitrogens with one attached hydrogen (secondary N) is 1. The summed E-state index contributed by atoms with van der Waals surface area (Å²) < 4.78 is 10.2. The van der Waals surface area contributed by atoms with Crippen molar-refractivity contribution < 1.29 is 24.2 Å². The Morgan fingerprint density at radius 3 is 2.86 bits per heavy atom. The van der Waals surface area contributed by atoms with Crippen LogP contribution in [0.5, 0.6) is 0 Å². The van der Waals surface area contributed by atoms with Crippen LogP contribution in [0.1, 0.15) is 34.8 Å². The van der Waals surface area contributed by atoms with Gasteiger partial charge in [-0.05, 0) is 12.8 Å². The van der Waals surface area contributed by atoms with Crippen molar-refractivity contribution in [3.05, 3.63) is 16.1 Å². The van der Waals surface area contributed by atoms with E-state index in [1.165, 1.54) is 11.3 Å². The molecular weight excluding hydrogens is 296 g/mol. The van der Waals surface area contributed by atoms with Crippen molar-refractivity contribution in [1.82, 2.24) is 10.3 Å². The smallest absolute Gasteiger partial charge is 0.305 e. The van der Waals surface area contributed by atoms with Gasteiger partial charge in [-0.3, -0.25) is 9.59 Å². The standard InChI is InChI=1S/C13H18N2O5S/c1-19-7-10-14-9(8-21-10)12(18)15-13(6-11(16)17)2-4-20-5-3-13/h8H,2-7H2,1H3,(H,15,18)(H,16,17). The third-order valence-electron chi connectivity index (χ3n) is 3.37. The van der Waals surface area contributed by atoms with Gasteiger partial charge in [0, 0.05) is 25.7 Å². The van der Waals surface area contributed by atoms with E-state index in [2.05, 4.69) is 10.3 Å². The second-order valence-electron chi connectivity index (χ2n) is 4.98. The van der Waals surface area contributed by atoms with Crippen molar-refractivity contribution in [3.8, 4) is 0 Å². The molecule has 0 atom stereocenters. The first-order chi connectivity index (χ1) is 10.0. The molecule has 1 saturated heterocycles. The molecule has 0 saturated carbocycles. The van der Waals surface area contributed by atoms with Crippen LogP contribution in [0, 0.1) is 0 Å². The van der Waals surface area contributed by atoms with Crippen molar-refractivity contribution in [1.29, 1.82) is 0 Å². The van der Waals surface area contributed by atoms with Crippen LogP contribution >= 0.6 is 11.3 Å². The summed E-state index contributed by atoms with van der Waals surface area (Å²) >= 11 is 1.34. The van der Waals surface area contributed by atoms with Crippen LogP contribution in [0.3, 0.4) is 0 Å². The van der Waals surface area contributed by atoms with Gasteiger partial charge >= 0.3 is 5.97 Å². The van der Waals surface area contributed by atoms with Gasteiger partial charge in [0.2, 0.25) is 0 Å². The maximum absolute atomic E-state index is 12.3. The molecule has 2 N–H and O–H groups in total. The number of nitrogens with zero attached hydrogens (tertiary/aromatic N) is 1. The van der Waals surface area contributed by atoms with Gasteiger partial charge in [-0.2, -0.15) is 0 Å². The fraction of sp³-hybridized carbons (Fsp3) is 0.615. The number of carbonyl (C=O) groups is 2. The lowest BCUT2D eigenvalue weighted by Gasteiger charge is -2.36. The van der Waals surface area contributed by atoms with E-state index in [1.54, 1.807) is 12.5 Å². The highest BCUT2D eigenvalue weighted by Gasteiger charge is 2.37. The third-order valence-corrected chi connectivity index (χ3v) is 4.19. The van der Waals surface area contributed by atoms with Gasteiger partial charge in [-0.15, -0.1) is 11.3 Å². The van der Waals surface area contributed by atoms with Gasteiger partial charge < -0.3 is 19.9 Å². The van der Waals surface area contributed by atoms with E-state index in [1.807, 2.05) is 0 Å². The molecule has 0 unspecified atom stereocenters. The Morgan fingerprint density at radius 2 is 2.24 bits per heavy atom. The lowest BCUT2D eigenvalue weighted by molar-refractivity contribution is -0.139. The van der Waals surface area contributed by atoms with Crippen LogP contribution < -0.4 is 5.32 Å². The summed E-state index contributed by atoms with van der Waals surface area (Å²) in [6.07, 6.45) is 0.859. The van der Waals surface area contributed by atoms with Gasteiger partial charge in [0.1, 0.15) is 10.7 Å². The Hall–Kier alpha value is -1.51. The SMILES string of the molecule is COCc1nc(C(=O)NC2(CC(=O)O)CCOCC2)cs1. The zero-order chi connectivity index (χ0) is 15.3. The average molecular weight is 314 g/mol. The van der Waals surface area contributed by atoms with Crippen molar-refractivity contribution in [2.45, 2.75) is 31.4 Å². The molecule has 1 aliphatic rings. The Bertz CT molecular complexity index is 510. The van der Waals surface area contributed by atoms with Gasteiger partial charge in [-0.1, -0.05) is 0 Å². The molecule has 1 aromatic rings. The highest BCUT2D eigenvalue weighted by molar-refractivity contribution is 7.09. The fourth-order valence-corrected chi connectivity index (χ4v) is 3.05. The lowest BCUT2D eigenvalue weighted by atomic mass is 9.86. The molecule has 0 aliphatic carbocycles. The van der Waals surface area contributed by atoms with E-state index in [-0.39, 0.29) is 12.3 Å². The number of ether oxygens (including phenoxy) is 2. The molecular formula is C13H18N2O5S. The second-order valence-corrected chi connectivity index (χ2v) is 5.92. The number of aromatic nitrogens is 1. The lowest BCUT2D eigenvalue weighted by Crippen LogP contribution is -2.53. The highest BCUT2D eigenvalue weighted by Crippen LogP contribution is 2.25. The number of hydrogen-bond acceptors (Lipinski definition) is 6. The Kier molecular flexibility index (Phi) is 5.27. The Morgan fingerprint density at radius 1 is 1.52 bits per heavy atom. The molecule has 21 heavy (non-hydrogen) atoms. The summed E-state index contributed by atoms with van der Waals surface area (Å²) in [5.41, 5.74) is -0.463. The zero-order valence-electron chi connectivity index (χ0n) is 11.8. The monoisotopic (exact) mass is 314 g/mol. The van der Waals surface area contributed by atoms with Crippen molar-refractivity contribution >= 4 is 23.2 Å². The summed E-state index contributed by atoms with van der Waals surface area (Å²) in [5.74, 6) is -1.28. The van der Waals surface area contributed by atoms with Crippen LogP contribution in [0.2, 0.25) is 0 Å². The molecule has 1 fully saturated rings. The number of thiazole rings is 1. The predicted octanol–water partition coefficient (Wildman–Crippen LogP) is 1.04. The van der Waals surface area contributed by atoms with Gasteiger partial charge in [-0.25, -0.2) is 4.98 Å². The molecule has 8 heteroatoms. The Labute approximate surface area is 126 Å². The topological polar surface area (TPSA) is 97.8 Å². The van der Waals surface area contributed by atoms with Crippen molar-refractivity contribution in [3.63, 3.8) is 0 Å². The number of carbonyl (C=O) groups excluding carboxylic acids is 1. The minimum absolute atomic E-state index is 0.114. The molecule has 0 radical (unpaired) electrons. The molecule has 116 valence electrons. The van der Waals surface area contributed by atoms with Gasteiger partial charge in [0.25, 0.3) is 5.91 Å². The molecule has 2 rings (SSSR count).